The highest BCUT2D eigenvalue weighted by atomic mass is 32.2. The van der Waals surface area contributed by atoms with E-state index in [4.69, 9.17) is 0 Å². The molecule has 0 aliphatic rings. The molecule has 0 unspecified atom stereocenters. The molecule has 0 radical (unpaired) electrons. The van der Waals surface area contributed by atoms with Crippen LogP contribution in [-0.2, 0) is 10.0 Å². The normalized spacial score (nSPS) is 12.5. The van der Waals surface area contributed by atoms with E-state index >= 15 is 0 Å². The standard InChI is InChI=1S/C19H24N2O3S/c1-13-10-11-14(2)17(12-13)15(3)20-19(22)16-8-6-7-9-18(16)21(4)25(5,23)24/h6-12,15H,1-5H3,(H,20,22)/t15-/m1/s1. The van der Waals surface area contributed by atoms with Crippen LogP contribution in [0.25, 0.3) is 0 Å². The molecule has 1 amide bonds. The number of nitrogens with zero attached hydrogens (tertiary/aromatic N) is 1. The fourth-order valence-corrected chi connectivity index (χ4v) is 3.21. The van der Waals surface area contributed by atoms with E-state index < -0.39 is 10.0 Å². The van der Waals surface area contributed by atoms with Gasteiger partial charge in [0.05, 0.1) is 23.5 Å². The molecule has 0 fully saturated rings. The van der Waals surface area contributed by atoms with E-state index in [1.54, 1.807) is 24.3 Å². The van der Waals surface area contributed by atoms with E-state index in [0.29, 0.717) is 11.3 Å². The van der Waals surface area contributed by atoms with E-state index in [1.807, 2.05) is 32.9 Å². The molecule has 2 aromatic rings. The lowest BCUT2D eigenvalue weighted by molar-refractivity contribution is 0.0940. The molecule has 0 heterocycles. The first-order chi connectivity index (χ1) is 11.6. The molecule has 0 saturated carbocycles. The van der Waals surface area contributed by atoms with E-state index in [1.165, 1.54) is 7.05 Å². The number of para-hydroxylation sites is 1. The zero-order valence-electron chi connectivity index (χ0n) is 15.2. The molecule has 0 bridgehead atoms. The third-order valence-corrected chi connectivity index (χ3v) is 5.43. The molecule has 0 saturated heterocycles. The van der Waals surface area contributed by atoms with E-state index in [-0.39, 0.29) is 11.9 Å². The SMILES string of the molecule is Cc1ccc(C)c([C@@H](C)NC(=O)c2ccccc2N(C)S(C)(=O)=O)c1. The van der Waals surface area contributed by atoms with Gasteiger partial charge in [-0.3, -0.25) is 9.10 Å². The topological polar surface area (TPSA) is 66.5 Å². The summed E-state index contributed by atoms with van der Waals surface area (Å²) in [7, 11) is -2.01. The molecular formula is C19H24N2O3S. The van der Waals surface area contributed by atoms with Crippen LogP contribution in [0, 0.1) is 13.8 Å². The van der Waals surface area contributed by atoms with Crippen LogP contribution in [0.1, 0.15) is 40.0 Å². The van der Waals surface area contributed by atoms with Crippen LogP contribution in [0.4, 0.5) is 5.69 Å². The molecule has 0 aromatic heterocycles. The van der Waals surface area contributed by atoms with Gasteiger partial charge in [-0.05, 0) is 44.0 Å². The smallest absolute Gasteiger partial charge is 0.253 e. The third kappa shape index (κ3) is 4.39. The number of hydrogen-bond acceptors (Lipinski definition) is 3. The van der Waals surface area contributed by atoms with Gasteiger partial charge in [-0.1, -0.05) is 35.9 Å². The molecule has 1 atom stereocenters. The zero-order valence-corrected chi connectivity index (χ0v) is 16.0. The summed E-state index contributed by atoms with van der Waals surface area (Å²) in [6.45, 7) is 5.93. The van der Waals surface area contributed by atoms with Gasteiger partial charge >= 0.3 is 0 Å². The van der Waals surface area contributed by atoms with Crippen LogP contribution in [0.3, 0.4) is 0 Å². The van der Waals surface area contributed by atoms with Gasteiger partial charge in [0.15, 0.2) is 0 Å². The van der Waals surface area contributed by atoms with Gasteiger partial charge in [-0.15, -0.1) is 0 Å². The van der Waals surface area contributed by atoms with Crippen molar-refractivity contribution >= 4 is 21.6 Å². The molecule has 0 aliphatic carbocycles. The maximum absolute atomic E-state index is 12.7. The minimum absolute atomic E-state index is 0.191. The monoisotopic (exact) mass is 360 g/mol. The lowest BCUT2D eigenvalue weighted by atomic mass is 9.99. The summed E-state index contributed by atoms with van der Waals surface area (Å²) in [6, 6.07) is 12.6. The Labute approximate surface area is 149 Å². The van der Waals surface area contributed by atoms with Crippen molar-refractivity contribution in [1.29, 1.82) is 0 Å². The van der Waals surface area contributed by atoms with Gasteiger partial charge < -0.3 is 5.32 Å². The van der Waals surface area contributed by atoms with Gasteiger partial charge in [0.25, 0.3) is 5.91 Å². The van der Waals surface area contributed by atoms with Gasteiger partial charge in [0.2, 0.25) is 10.0 Å². The highest BCUT2D eigenvalue weighted by Gasteiger charge is 2.21. The molecule has 134 valence electrons. The van der Waals surface area contributed by atoms with Crippen LogP contribution in [0.2, 0.25) is 0 Å². The summed E-state index contributed by atoms with van der Waals surface area (Å²) in [5, 5.41) is 2.97. The summed E-state index contributed by atoms with van der Waals surface area (Å²) in [5.41, 5.74) is 3.95. The number of sulfonamides is 1. The van der Waals surface area contributed by atoms with Crippen molar-refractivity contribution in [3.8, 4) is 0 Å². The van der Waals surface area contributed by atoms with Crippen LogP contribution in [0.15, 0.2) is 42.5 Å². The average molecular weight is 360 g/mol. The van der Waals surface area contributed by atoms with E-state index in [0.717, 1.165) is 27.3 Å². The number of carbonyl (C=O) groups is 1. The molecule has 2 aromatic carbocycles. The van der Waals surface area contributed by atoms with Gasteiger partial charge in [0.1, 0.15) is 0 Å². The Morgan fingerprint density at radius 3 is 2.40 bits per heavy atom. The van der Waals surface area contributed by atoms with Gasteiger partial charge in [-0.2, -0.15) is 0 Å². The Hall–Kier alpha value is -2.34. The summed E-state index contributed by atoms with van der Waals surface area (Å²) in [6.07, 6.45) is 1.11. The minimum atomic E-state index is -3.45. The lowest BCUT2D eigenvalue weighted by Gasteiger charge is -2.22. The van der Waals surface area contributed by atoms with Crippen molar-refractivity contribution in [1.82, 2.24) is 5.32 Å². The summed E-state index contributed by atoms with van der Waals surface area (Å²) >= 11 is 0. The van der Waals surface area contributed by atoms with E-state index in [2.05, 4.69) is 11.4 Å². The first-order valence-corrected chi connectivity index (χ1v) is 9.87. The molecule has 0 spiro atoms. The average Bonchev–Trinajstić information content (AvgIpc) is 2.55. The Morgan fingerprint density at radius 2 is 1.76 bits per heavy atom. The zero-order chi connectivity index (χ0) is 18.8. The predicted molar refractivity (Wildman–Crippen MR) is 101 cm³/mol. The predicted octanol–water partition coefficient (Wildman–Crippen LogP) is 3.19. The number of carbonyl (C=O) groups excluding carboxylic acids is 1. The fraction of sp³-hybridized carbons (Fsp3) is 0.316. The molecule has 5 nitrogen and oxygen atoms in total. The largest absolute Gasteiger partial charge is 0.345 e. The highest BCUT2D eigenvalue weighted by molar-refractivity contribution is 7.92. The fourth-order valence-electron chi connectivity index (χ4n) is 2.70. The molecule has 0 aliphatic heterocycles. The second-order valence-electron chi connectivity index (χ2n) is 6.30. The third-order valence-electron chi connectivity index (χ3n) is 4.23. The molecular weight excluding hydrogens is 336 g/mol. The number of benzene rings is 2. The molecule has 2 rings (SSSR count). The van der Waals surface area contributed by atoms with Crippen LogP contribution >= 0.6 is 0 Å². The van der Waals surface area contributed by atoms with Gasteiger partial charge in [0, 0.05) is 7.05 Å². The molecule has 6 heteroatoms. The number of amides is 1. The van der Waals surface area contributed by atoms with Gasteiger partial charge in [-0.25, -0.2) is 8.42 Å². The Kier molecular flexibility index (Phi) is 5.52. The number of rotatable bonds is 5. The van der Waals surface area contributed by atoms with Crippen molar-refractivity contribution in [2.24, 2.45) is 0 Å². The second-order valence-corrected chi connectivity index (χ2v) is 8.32. The maximum atomic E-state index is 12.7. The second kappa shape index (κ2) is 7.27. The number of nitrogens with one attached hydrogen (secondary N) is 1. The van der Waals surface area contributed by atoms with Crippen molar-refractivity contribution in [2.75, 3.05) is 17.6 Å². The summed E-state index contributed by atoms with van der Waals surface area (Å²) < 4.78 is 24.8. The van der Waals surface area contributed by atoms with E-state index in [9.17, 15) is 13.2 Å². The quantitative estimate of drug-likeness (QED) is 0.890. The van der Waals surface area contributed by atoms with Crippen LogP contribution < -0.4 is 9.62 Å². The highest BCUT2D eigenvalue weighted by Crippen LogP contribution is 2.24. The Bertz CT molecular complexity index is 891. The molecule has 1 N–H and O–H groups in total. The number of anilines is 1. The van der Waals surface area contributed by atoms with Crippen LogP contribution in [-0.4, -0.2) is 27.6 Å². The Morgan fingerprint density at radius 1 is 1.12 bits per heavy atom. The maximum Gasteiger partial charge on any atom is 0.253 e. The number of aryl methyl sites for hydroxylation is 2. The number of hydrogen-bond donors (Lipinski definition) is 1. The minimum Gasteiger partial charge on any atom is -0.345 e. The summed E-state index contributed by atoms with van der Waals surface area (Å²) in [4.78, 5) is 12.7. The Balaban J connectivity index is 2.32. The summed E-state index contributed by atoms with van der Waals surface area (Å²) in [5.74, 6) is -0.306. The lowest BCUT2D eigenvalue weighted by Crippen LogP contribution is -2.31. The van der Waals surface area contributed by atoms with Crippen molar-refractivity contribution in [2.45, 2.75) is 26.8 Å². The van der Waals surface area contributed by atoms with Crippen LogP contribution in [0.5, 0.6) is 0 Å². The first-order valence-electron chi connectivity index (χ1n) is 8.02. The molecule has 25 heavy (non-hydrogen) atoms. The van der Waals surface area contributed by atoms with Crippen molar-refractivity contribution in [3.63, 3.8) is 0 Å². The van der Waals surface area contributed by atoms with Crippen molar-refractivity contribution < 1.29 is 13.2 Å². The van der Waals surface area contributed by atoms with Crippen molar-refractivity contribution in [3.05, 3.63) is 64.7 Å². The first kappa shape index (κ1) is 19.0.